The van der Waals surface area contributed by atoms with Crippen LogP contribution in [0.2, 0.25) is 0 Å². The molecule has 0 aliphatic heterocycles. The van der Waals surface area contributed by atoms with Crippen LogP contribution in [0.5, 0.6) is 0 Å². The quantitative estimate of drug-likeness (QED) is 0.626. The first kappa shape index (κ1) is 8.24. The van der Waals surface area contributed by atoms with E-state index in [0.717, 1.165) is 11.8 Å². The molecule has 0 spiro atoms. The summed E-state index contributed by atoms with van der Waals surface area (Å²) in [5, 5.41) is 0. The lowest BCUT2D eigenvalue weighted by molar-refractivity contribution is 0.112. The SMILES string of the molecule is CC(=C1CC1)c1ccc(C=O)cc1. The van der Waals surface area contributed by atoms with Crippen LogP contribution in [0.25, 0.3) is 5.57 Å². The van der Waals surface area contributed by atoms with Crippen LogP contribution in [0.4, 0.5) is 0 Å². The van der Waals surface area contributed by atoms with Gasteiger partial charge in [0, 0.05) is 5.56 Å². The van der Waals surface area contributed by atoms with Crippen LogP contribution in [-0.4, -0.2) is 6.29 Å². The molecule has 1 fully saturated rings. The molecule has 0 N–H and O–H groups in total. The fourth-order valence-electron chi connectivity index (χ4n) is 1.45. The van der Waals surface area contributed by atoms with Crippen LogP contribution < -0.4 is 0 Å². The van der Waals surface area contributed by atoms with E-state index in [4.69, 9.17) is 0 Å². The highest BCUT2D eigenvalue weighted by atomic mass is 16.1. The number of hydrogen-bond donors (Lipinski definition) is 0. The highest BCUT2D eigenvalue weighted by Crippen LogP contribution is 2.35. The topological polar surface area (TPSA) is 17.1 Å². The Balaban J connectivity index is 2.32. The normalized spacial score (nSPS) is 14.1. The standard InChI is InChI=1S/C12H12O/c1-9(12-6-7-12)11-4-2-10(8-13)3-5-11/h2-5,8H,6-7H2,1H3. The maximum Gasteiger partial charge on any atom is 0.150 e. The third-order valence-electron chi connectivity index (χ3n) is 2.51. The van der Waals surface area contributed by atoms with Gasteiger partial charge in [-0.05, 0) is 30.9 Å². The van der Waals surface area contributed by atoms with Gasteiger partial charge in [0.25, 0.3) is 0 Å². The number of hydrogen-bond acceptors (Lipinski definition) is 1. The molecule has 0 aromatic heterocycles. The summed E-state index contributed by atoms with van der Waals surface area (Å²) in [5.41, 5.74) is 4.94. The molecule has 0 radical (unpaired) electrons. The van der Waals surface area contributed by atoms with E-state index in [1.165, 1.54) is 24.0 Å². The van der Waals surface area contributed by atoms with Crippen molar-refractivity contribution in [2.24, 2.45) is 0 Å². The molecule has 1 aliphatic carbocycles. The molecule has 1 aromatic carbocycles. The highest BCUT2D eigenvalue weighted by Gasteiger charge is 2.15. The van der Waals surface area contributed by atoms with E-state index in [1.54, 1.807) is 5.57 Å². The van der Waals surface area contributed by atoms with E-state index in [9.17, 15) is 4.79 Å². The summed E-state index contributed by atoms with van der Waals surface area (Å²) in [5.74, 6) is 0. The average Bonchev–Trinajstić information content (AvgIpc) is 3.00. The third kappa shape index (κ3) is 1.69. The zero-order chi connectivity index (χ0) is 9.26. The smallest absolute Gasteiger partial charge is 0.150 e. The second kappa shape index (κ2) is 3.17. The minimum atomic E-state index is 0.748. The van der Waals surface area contributed by atoms with Gasteiger partial charge in [0.15, 0.2) is 0 Å². The van der Waals surface area contributed by atoms with E-state index in [1.807, 2.05) is 24.3 Å². The van der Waals surface area contributed by atoms with Crippen molar-refractivity contribution in [3.8, 4) is 0 Å². The summed E-state index contributed by atoms with van der Waals surface area (Å²) in [6.45, 7) is 2.15. The van der Waals surface area contributed by atoms with Gasteiger partial charge in [0.1, 0.15) is 6.29 Å². The summed E-state index contributed by atoms with van der Waals surface area (Å²) in [6, 6.07) is 7.78. The van der Waals surface area contributed by atoms with E-state index in [2.05, 4.69) is 6.92 Å². The Labute approximate surface area is 78.1 Å². The molecule has 0 amide bonds. The van der Waals surface area contributed by atoms with Crippen LogP contribution in [0.15, 0.2) is 29.8 Å². The van der Waals surface area contributed by atoms with E-state index in [-0.39, 0.29) is 0 Å². The van der Waals surface area contributed by atoms with Gasteiger partial charge in [0.05, 0.1) is 0 Å². The predicted molar refractivity (Wildman–Crippen MR) is 53.7 cm³/mol. The maximum absolute atomic E-state index is 10.4. The van der Waals surface area contributed by atoms with Crippen LogP contribution in [-0.2, 0) is 0 Å². The molecule has 0 unspecified atom stereocenters. The van der Waals surface area contributed by atoms with Crippen molar-refractivity contribution in [1.82, 2.24) is 0 Å². The number of allylic oxidation sites excluding steroid dienone is 2. The summed E-state index contributed by atoms with van der Waals surface area (Å²) in [6.07, 6.45) is 3.38. The lowest BCUT2D eigenvalue weighted by atomic mass is 10.1. The lowest BCUT2D eigenvalue weighted by Crippen LogP contribution is -1.82. The fourth-order valence-corrected chi connectivity index (χ4v) is 1.45. The first-order chi connectivity index (χ1) is 6.31. The number of carbonyl (C=O) groups excluding carboxylic acids is 1. The molecule has 13 heavy (non-hydrogen) atoms. The highest BCUT2D eigenvalue weighted by molar-refractivity contribution is 5.77. The number of carbonyl (C=O) groups is 1. The Hall–Kier alpha value is -1.37. The van der Waals surface area contributed by atoms with Crippen molar-refractivity contribution >= 4 is 11.9 Å². The van der Waals surface area contributed by atoms with Crippen molar-refractivity contribution in [2.75, 3.05) is 0 Å². The summed E-state index contributed by atoms with van der Waals surface area (Å²) >= 11 is 0. The molecule has 0 saturated heterocycles. The molecule has 0 heterocycles. The average molecular weight is 172 g/mol. The van der Waals surface area contributed by atoms with Gasteiger partial charge in [-0.15, -0.1) is 0 Å². The minimum Gasteiger partial charge on any atom is -0.298 e. The zero-order valence-electron chi connectivity index (χ0n) is 7.71. The van der Waals surface area contributed by atoms with Crippen LogP contribution in [0.3, 0.4) is 0 Å². The van der Waals surface area contributed by atoms with E-state index < -0.39 is 0 Å². The lowest BCUT2D eigenvalue weighted by Gasteiger charge is -2.00. The van der Waals surface area contributed by atoms with Crippen LogP contribution in [0.1, 0.15) is 35.7 Å². The van der Waals surface area contributed by atoms with Gasteiger partial charge in [-0.2, -0.15) is 0 Å². The van der Waals surface area contributed by atoms with Gasteiger partial charge in [-0.3, -0.25) is 4.79 Å². The van der Waals surface area contributed by atoms with Crippen molar-refractivity contribution in [3.63, 3.8) is 0 Å². The van der Waals surface area contributed by atoms with Gasteiger partial charge in [-0.25, -0.2) is 0 Å². The van der Waals surface area contributed by atoms with Gasteiger partial charge < -0.3 is 0 Å². The van der Waals surface area contributed by atoms with Crippen molar-refractivity contribution < 1.29 is 4.79 Å². The molecule has 0 atom stereocenters. The molecule has 1 nitrogen and oxygen atoms in total. The van der Waals surface area contributed by atoms with E-state index in [0.29, 0.717) is 0 Å². The predicted octanol–water partition coefficient (Wildman–Crippen LogP) is 3.07. The van der Waals surface area contributed by atoms with Gasteiger partial charge in [-0.1, -0.05) is 29.8 Å². The van der Waals surface area contributed by atoms with Crippen molar-refractivity contribution in [3.05, 3.63) is 41.0 Å². The first-order valence-electron chi connectivity index (χ1n) is 4.55. The molecule has 1 aliphatic rings. The number of aldehydes is 1. The summed E-state index contributed by atoms with van der Waals surface area (Å²) < 4.78 is 0. The molecule has 1 saturated carbocycles. The molecule has 66 valence electrons. The number of rotatable bonds is 2. The first-order valence-corrected chi connectivity index (χ1v) is 4.55. The Morgan fingerprint density at radius 2 is 1.85 bits per heavy atom. The molecule has 0 bridgehead atoms. The minimum absolute atomic E-state index is 0.748. The van der Waals surface area contributed by atoms with E-state index >= 15 is 0 Å². The Morgan fingerprint density at radius 1 is 1.23 bits per heavy atom. The second-order valence-electron chi connectivity index (χ2n) is 3.47. The van der Waals surface area contributed by atoms with Crippen molar-refractivity contribution in [2.45, 2.75) is 19.8 Å². The third-order valence-corrected chi connectivity index (χ3v) is 2.51. The van der Waals surface area contributed by atoms with Crippen molar-refractivity contribution in [1.29, 1.82) is 0 Å². The zero-order valence-corrected chi connectivity index (χ0v) is 7.71. The van der Waals surface area contributed by atoms with Gasteiger partial charge >= 0.3 is 0 Å². The van der Waals surface area contributed by atoms with Gasteiger partial charge in [0.2, 0.25) is 0 Å². The number of benzene rings is 1. The Kier molecular flexibility index (Phi) is 2.01. The fraction of sp³-hybridized carbons (Fsp3) is 0.250. The van der Waals surface area contributed by atoms with Crippen LogP contribution >= 0.6 is 0 Å². The molecular formula is C12H12O. The Morgan fingerprint density at radius 3 is 2.31 bits per heavy atom. The molecule has 1 aromatic rings. The largest absolute Gasteiger partial charge is 0.298 e. The second-order valence-corrected chi connectivity index (χ2v) is 3.47. The molecule has 2 rings (SSSR count). The van der Waals surface area contributed by atoms with Crippen LogP contribution in [0, 0.1) is 0 Å². The summed E-state index contributed by atoms with van der Waals surface area (Å²) in [7, 11) is 0. The monoisotopic (exact) mass is 172 g/mol. The Bertz CT molecular complexity index is 351. The maximum atomic E-state index is 10.4. The molecule has 1 heteroatoms. The summed E-state index contributed by atoms with van der Waals surface area (Å²) in [4.78, 5) is 10.4. The molecular weight excluding hydrogens is 160 g/mol.